The van der Waals surface area contributed by atoms with Crippen molar-refractivity contribution in [2.75, 3.05) is 6.26 Å². The number of hydrogen-bond acceptors (Lipinski definition) is 5. The molecule has 22 heavy (non-hydrogen) atoms. The molecule has 1 N–H and O–H groups in total. The Balaban J connectivity index is 1.93. The lowest BCUT2D eigenvalue weighted by Gasteiger charge is -2.03. The van der Waals surface area contributed by atoms with Crippen LogP contribution in [0.25, 0.3) is 16.7 Å². The molecule has 3 aromatic rings. The van der Waals surface area contributed by atoms with Gasteiger partial charge in [-0.3, -0.25) is 5.32 Å². The minimum absolute atomic E-state index is 0.557. The molecule has 0 aliphatic carbocycles. The quantitative estimate of drug-likeness (QED) is 0.341. The van der Waals surface area contributed by atoms with Gasteiger partial charge in [-0.15, -0.1) is 5.10 Å². The van der Waals surface area contributed by atoms with Crippen LogP contribution in [0.5, 0.6) is 0 Å². The van der Waals surface area contributed by atoms with Crippen LogP contribution in [0.1, 0.15) is 0 Å². The van der Waals surface area contributed by atoms with Crippen molar-refractivity contribution in [1.82, 2.24) is 20.3 Å². The Morgan fingerprint density at radius 3 is 2.73 bits per heavy atom. The number of fused-ring (bicyclic) bond motifs is 1. The Labute approximate surface area is 131 Å². The summed E-state index contributed by atoms with van der Waals surface area (Å²) in [4.78, 5) is 4.35. The lowest BCUT2D eigenvalue weighted by atomic mass is 10.2. The van der Waals surface area contributed by atoms with Crippen LogP contribution in [-0.2, 0) is 0 Å². The second kappa shape index (κ2) is 6.28. The van der Waals surface area contributed by atoms with E-state index >= 15 is 0 Å². The van der Waals surface area contributed by atoms with Crippen LogP contribution in [-0.4, -0.2) is 26.4 Å². The Hall–Kier alpha value is -2.85. The van der Waals surface area contributed by atoms with Crippen LogP contribution in [0.2, 0.25) is 0 Å². The molecule has 0 atom stereocenters. The van der Waals surface area contributed by atoms with Crippen LogP contribution in [0.4, 0.5) is 5.69 Å². The van der Waals surface area contributed by atoms with Crippen molar-refractivity contribution in [3.8, 4) is 11.9 Å². The number of nitrogens with one attached hydrogen (secondary N) is 1. The predicted molar refractivity (Wildman–Crippen MR) is 88.2 cm³/mol. The van der Waals surface area contributed by atoms with Crippen molar-refractivity contribution in [2.24, 2.45) is 4.99 Å². The Kier molecular flexibility index (Phi) is 4.03. The van der Waals surface area contributed by atoms with E-state index in [2.05, 4.69) is 20.6 Å². The highest BCUT2D eigenvalue weighted by Gasteiger charge is 2.05. The number of thioether (sulfide) groups is 1. The molecule has 1 heterocycles. The van der Waals surface area contributed by atoms with E-state index in [0.29, 0.717) is 5.17 Å². The number of hydrogen-bond donors (Lipinski definition) is 1. The molecule has 0 amide bonds. The van der Waals surface area contributed by atoms with Gasteiger partial charge in [0.1, 0.15) is 5.52 Å². The highest BCUT2D eigenvalue weighted by molar-refractivity contribution is 8.13. The van der Waals surface area contributed by atoms with Crippen LogP contribution in [0, 0.1) is 11.5 Å². The number of benzene rings is 2. The third kappa shape index (κ3) is 2.77. The molecule has 7 heteroatoms. The molecule has 3 rings (SSSR count). The first-order valence-corrected chi connectivity index (χ1v) is 7.73. The van der Waals surface area contributed by atoms with Crippen molar-refractivity contribution < 1.29 is 0 Å². The maximum Gasteiger partial charge on any atom is 0.183 e. The molecule has 108 valence electrons. The lowest BCUT2D eigenvalue weighted by molar-refractivity contribution is 0.824. The number of amidine groups is 1. The van der Waals surface area contributed by atoms with Crippen LogP contribution in [0.3, 0.4) is 0 Å². The van der Waals surface area contributed by atoms with Gasteiger partial charge in [0, 0.05) is 0 Å². The van der Waals surface area contributed by atoms with Gasteiger partial charge in [-0.1, -0.05) is 29.1 Å². The summed E-state index contributed by atoms with van der Waals surface area (Å²) in [6.45, 7) is 0. The van der Waals surface area contributed by atoms with Gasteiger partial charge >= 0.3 is 0 Å². The predicted octanol–water partition coefficient (Wildman–Crippen LogP) is 2.84. The first-order valence-electron chi connectivity index (χ1n) is 6.50. The van der Waals surface area contributed by atoms with Gasteiger partial charge in [0.2, 0.25) is 0 Å². The van der Waals surface area contributed by atoms with E-state index in [-0.39, 0.29) is 0 Å². The SMILES string of the molecule is CSC(=Nc1ccc(-n2nnc3ccccc32)cc1)NC#N. The molecule has 0 spiro atoms. The summed E-state index contributed by atoms with van der Waals surface area (Å²) in [5.41, 5.74) is 3.48. The smallest absolute Gasteiger partial charge is 0.183 e. The molecular formula is C15H12N6S. The summed E-state index contributed by atoms with van der Waals surface area (Å²) in [6.07, 6.45) is 3.73. The van der Waals surface area contributed by atoms with Crippen molar-refractivity contribution >= 4 is 33.7 Å². The number of nitriles is 1. The minimum Gasteiger partial charge on any atom is -0.271 e. The molecule has 0 unspecified atom stereocenters. The normalized spacial score (nSPS) is 11.4. The number of aliphatic imine (C=N–C) groups is 1. The van der Waals surface area contributed by atoms with E-state index in [1.807, 2.05) is 61.0 Å². The van der Waals surface area contributed by atoms with Gasteiger partial charge in [-0.25, -0.2) is 9.67 Å². The van der Waals surface area contributed by atoms with Gasteiger partial charge in [0.25, 0.3) is 0 Å². The van der Waals surface area contributed by atoms with Crippen molar-refractivity contribution in [3.63, 3.8) is 0 Å². The average Bonchev–Trinajstić information content (AvgIpc) is 2.99. The van der Waals surface area contributed by atoms with Crippen molar-refractivity contribution in [2.45, 2.75) is 0 Å². The topological polar surface area (TPSA) is 78.9 Å². The third-order valence-corrected chi connectivity index (χ3v) is 3.61. The fourth-order valence-electron chi connectivity index (χ4n) is 2.02. The fourth-order valence-corrected chi connectivity index (χ4v) is 2.36. The van der Waals surface area contributed by atoms with Gasteiger partial charge in [-0.05, 0) is 42.7 Å². The largest absolute Gasteiger partial charge is 0.271 e. The van der Waals surface area contributed by atoms with Crippen LogP contribution >= 0.6 is 11.8 Å². The van der Waals surface area contributed by atoms with E-state index in [0.717, 1.165) is 22.4 Å². The zero-order chi connectivity index (χ0) is 15.4. The molecule has 0 aliphatic rings. The monoisotopic (exact) mass is 308 g/mol. The maximum absolute atomic E-state index is 8.64. The lowest BCUT2D eigenvalue weighted by Crippen LogP contribution is -2.12. The minimum atomic E-state index is 0.557. The van der Waals surface area contributed by atoms with E-state index in [1.54, 1.807) is 4.68 Å². The van der Waals surface area contributed by atoms with Crippen LogP contribution < -0.4 is 5.32 Å². The summed E-state index contributed by atoms with van der Waals surface area (Å²) in [5.74, 6) is 0. The van der Waals surface area contributed by atoms with Gasteiger partial charge in [-0.2, -0.15) is 5.26 Å². The third-order valence-electron chi connectivity index (χ3n) is 3.03. The maximum atomic E-state index is 8.64. The zero-order valence-electron chi connectivity index (χ0n) is 11.8. The highest BCUT2D eigenvalue weighted by Crippen LogP contribution is 2.20. The highest BCUT2D eigenvalue weighted by atomic mass is 32.2. The standard InChI is InChI=1S/C15H12N6S/c1-22-15(17-10-16)18-11-6-8-12(9-7-11)21-14-5-3-2-4-13(14)19-20-21/h2-9H,1H3,(H,17,18). The van der Waals surface area contributed by atoms with Gasteiger partial charge in [0.05, 0.1) is 16.9 Å². The van der Waals surface area contributed by atoms with Crippen LogP contribution in [0.15, 0.2) is 53.5 Å². The van der Waals surface area contributed by atoms with E-state index in [1.165, 1.54) is 11.8 Å². The summed E-state index contributed by atoms with van der Waals surface area (Å²) >= 11 is 1.38. The molecule has 0 radical (unpaired) electrons. The summed E-state index contributed by atoms with van der Waals surface area (Å²) in [6, 6.07) is 15.4. The molecule has 0 saturated heterocycles. The van der Waals surface area contributed by atoms with E-state index in [9.17, 15) is 0 Å². The zero-order valence-corrected chi connectivity index (χ0v) is 12.6. The average molecular weight is 308 g/mol. The summed E-state index contributed by atoms with van der Waals surface area (Å²) < 4.78 is 1.78. The Morgan fingerprint density at radius 2 is 2.00 bits per heavy atom. The first kappa shape index (κ1) is 14.1. The Bertz CT molecular complexity index is 860. The number of para-hydroxylation sites is 1. The molecule has 0 saturated carbocycles. The van der Waals surface area contributed by atoms with Crippen molar-refractivity contribution in [3.05, 3.63) is 48.5 Å². The summed E-state index contributed by atoms with van der Waals surface area (Å²) in [7, 11) is 0. The van der Waals surface area contributed by atoms with Gasteiger partial charge < -0.3 is 0 Å². The molecule has 6 nitrogen and oxygen atoms in total. The molecule has 0 fully saturated rings. The first-order chi connectivity index (χ1) is 10.8. The molecule has 1 aromatic heterocycles. The second-order valence-electron chi connectivity index (χ2n) is 4.36. The molecular weight excluding hydrogens is 296 g/mol. The number of nitrogens with zero attached hydrogens (tertiary/aromatic N) is 5. The second-order valence-corrected chi connectivity index (χ2v) is 5.16. The van der Waals surface area contributed by atoms with Gasteiger partial charge in [0.15, 0.2) is 11.4 Å². The summed E-state index contributed by atoms with van der Waals surface area (Å²) in [5, 5.41) is 20.0. The van der Waals surface area contributed by atoms with Crippen molar-refractivity contribution in [1.29, 1.82) is 5.26 Å². The molecule has 0 aliphatic heterocycles. The number of rotatable bonds is 2. The molecule has 0 bridgehead atoms. The fraction of sp³-hybridized carbons (Fsp3) is 0.0667. The Morgan fingerprint density at radius 1 is 1.23 bits per heavy atom. The molecule has 2 aromatic carbocycles. The number of aromatic nitrogens is 3. The van der Waals surface area contributed by atoms with E-state index in [4.69, 9.17) is 5.26 Å². The van der Waals surface area contributed by atoms with E-state index < -0.39 is 0 Å².